The Bertz CT molecular complexity index is 497. The van der Waals surface area contributed by atoms with Crippen LogP contribution in [0.3, 0.4) is 0 Å². The van der Waals surface area contributed by atoms with Crippen LogP contribution in [0.4, 0.5) is 0 Å². The summed E-state index contributed by atoms with van der Waals surface area (Å²) in [6.07, 6.45) is 1.25. The molecule has 0 radical (unpaired) electrons. The molecule has 0 spiro atoms. The summed E-state index contributed by atoms with van der Waals surface area (Å²) in [5.74, 6) is -0.536. The highest BCUT2D eigenvalue weighted by Gasteiger charge is 2.51. The Balaban J connectivity index is 1.98. The van der Waals surface area contributed by atoms with Gasteiger partial charge in [-0.2, -0.15) is 0 Å². The van der Waals surface area contributed by atoms with E-state index < -0.39 is 11.5 Å². The summed E-state index contributed by atoms with van der Waals surface area (Å²) >= 11 is 0. The number of carbonyl (C=O) groups excluding carboxylic acids is 1. The fourth-order valence-corrected chi connectivity index (χ4v) is 2.41. The summed E-state index contributed by atoms with van der Waals surface area (Å²) in [5, 5.41) is 15.5. The molecule has 2 rings (SSSR count). The van der Waals surface area contributed by atoms with Crippen LogP contribution in [0.15, 0.2) is 4.52 Å². The molecule has 1 saturated carbocycles. The van der Waals surface area contributed by atoms with Crippen molar-refractivity contribution in [2.24, 2.45) is 0 Å². The van der Waals surface area contributed by atoms with Gasteiger partial charge in [0.2, 0.25) is 5.91 Å². The zero-order valence-corrected chi connectivity index (χ0v) is 11.3. The highest BCUT2D eigenvalue weighted by Crippen LogP contribution is 2.36. The van der Waals surface area contributed by atoms with Gasteiger partial charge in [-0.1, -0.05) is 12.1 Å². The molecule has 1 atom stereocenters. The minimum absolute atomic E-state index is 0.0455. The van der Waals surface area contributed by atoms with Crippen molar-refractivity contribution < 1.29 is 19.2 Å². The number of aliphatic carboxylic acids is 1. The molecule has 0 saturated heterocycles. The van der Waals surface area contributed by atoms with Gasteiger partial charge in [-0.15, -0.1) is 0 Å². The first-order valence-corrected chi connectivity index (χ1v) is 6.33. The van der Waals surface area contributed by atoms with Crippen molar-refractivity contribution in [2.45, 2.75) is 51.5 Å². The Labute approximate surface area is 111 Å². The average molecular weight is 266 g/mol. The molecule has 1 aromatic heterocycles. The van der Waals surface area contributed by atoms with E-state index in [-0.39, 0.29) is 18.2 Å². The van der Waals surface area contributed by atoms with Crippen LogP contribution in [-0.2, 0) is 9.59 Å². The predicted molar refractivity (Wildman–Crippen MR) is 66.8 cm³/mol. The van der Waals surface area contributed by atoms with Crippen LogP contribution in [0.5, 0.6) is 0 Å². The van der Waals surface area contributed by atoms with Gasteiger partial charge < -0.3 is 14.9 Å². The van der Waals surface area contributed by atoms with E-state index in [2.05, 4.69) is 10.5 Å². The van der Waals surface area contributed by atoms with Crippen molar-refractivity contribution in [2.75, 3.05) is 0 Å². The molecule has 1 amide bonds. The van der Waals surface area contributed by atoms with Gasteiger partial charge in [0.15, 0.2) is 0 Å². The Kier molecular flexibility index (Phi) is 3.34. The van der Waals surface area contributed by atoms with E-state index in [4.69, 9.17) is 9.63 Å². The maximum atomic E-state index is 11.9. The third kappa shape index (κ3) is 2.62. The Morgan fingerprint density at radius 1 is 1.47 bits per heavy atom. The number of aromatic nitrogens is 1. The molecule has 1 heterocycles. The fraction of sp³-hybridized carbons (Fsp3) is 0.615. The minimum Gasteiger partial charge on any atom is -0.480 e. The summed E-state index contributed by atoms with van der Waals surface area (Å²) in [4.78, 5) is 22.9. The first kappa shape index (κ1) is 13.6. The standard InChI is InChI=1S/C13H18N2O4/c1-7(11-8(2)15-19-9(11)3)6-10(16)14-13(4-5-13)12(17)18/h7H,4-6H2,1-3H3,(H,14,16)(H,17,18). The van der Waals surface area contributed by atoms with E-state index in [0.29, 0.717) is 18.6 Å². The SMILES string of the molecule is Cc1noc(C)c1C(C)CC(=O)NC1(C(=O)O)CC1. The number of carbonyl (C=O) groups is 2. The van der Waals surface area contributed by atoms with Gasteiger partial charge in [0.05, 0.1) is 5.69 Å². The van der Waals surface area contributed by atoms with E-state index >= 15 is 0 Å². The number of hydrogen-bond donors (Lipinski definition) is 2. The lowest BCUT2D eigenvalue weighted by molar-refractivity contribution is -0.143. The highest BCUT2D eigenvalue weighted by atomic mass is 16.5. The molecule has 1 fully saturated rings. The number of amides is 1. The molecule has 1 unspecified atom stereocenters. The molecule has 0 bridgehead atoms. The van der Waals surface area contributed by atoms with Gasteiger partial charge in [0.25, 0.3) is 0 Å². The van der Waals surface area contributed by atoms with E-state index in [1.54, 1.807) is 0 Å². The Hall–Kier alpha value is -1.85. The number of carboxylic acids is 1. The van der Waals surface area contributed by atoms with Crippen LogP contribution in [0.2, 0.25) is 0 Å². The second-order valence-electron chi connectivity index (χ2n) is 5.28. The monoisotopic (exact) mass is 266 g/mol. The molecule has 6 nitrogen and oxygen atoms in total. The van der Waals surface area contributed by atoms with E-state index in [1.807, 2.05) is 20.8 Å². The molecule has 1 aliphatic carbocycles. The van der Waals surface area contributed by atoms with Crippen molar-refractivity contribution in [3.63, 3.8) is 0 Å². The van der Waals surface area contributed by atoms with Crippen LogP contribution >= 0.6 is 0 Å². The summed E-state index contributed by atoms with van der Waals surface area (Å²) in [5.41, 5.74) is 0.683. The zero-order valence-electron chi connectivity index (χ0n) is 11.3. The van der Waals surface area contributed by atoms with Gasteiger partial charge >= 0.3 is 5.97 Å². The number of aryl methyl sites for hydroxylation is 2. The van der Waals surface area contributed by atoms with Crippen LogP contribution in [0.1, 0.15) is 49.1 Å². The Morgan fingerprint density at radius 3 is 2.53 bits per heavy atom. The third-order valence-corrected chi connectivity index (χ3v) is 3.61. The lowest BCUT2D eigenvalue weighted by atomic mass is 9.96. The molecular formula is C13H18N2O4. The lowest BCUT2D eigenvalue weighted by Crippen LogP contribution is -2.43. The van der Waals surface area contributed by atoms with Crippen molar-refractivity contribution in [1.29, 1.82) is 0 Å². The van der Waals surface area contributed by atoms with Gasteiger partial charge in [-0.05, 0) is 32.6 Å². The van der Waals surface area contributed by atoms with Crippen molar-refractivity contribution >= 4 is 11.9 Å². The molecular weight excluding hydrogens is 248 g/mol. The van der Waals surface area contributed by atoms with E-state index in [0.717, 1.165) is 11.3 Å². The zero-order chi connectivity index (χ0) is 14.2. The molecule has 0 aliphatic heterocycles. The second kappa shape index (κ2) is 4.68. The summed E-state index contributed by atoms with van der Waals surface area (Å²) in [6.45, 7) is 5.55. The fourth-order valence-electron chi connectivity index (χ4n) is 2.41. The molecule has 6 heteroatoms. The maximum Gasteiger partial charge on any atom is 0.329 e. The number of nitrogens with zero attached hydrogens (tertiary/aromatic N) is 1. The van der Waals surface area contributed by atoms with Crippen molar-refractivity contribution in [1.82, 2.24) is 10.5 Å². The second-order valence-corrected chi connectivity index (χ2v) is 5.28. The van der Waals surface area contributed by atoms with Crippen LogP contribution in [0.25, 0.3) is 0 Å². The molecule has 19 heavy (non-hydrogen) atoms. The molecule has 1 aliphatic rings. The number of rotatable bonds is 5. The Morgan fingerprint density at radius 2 is 2.11 bits per heavy atom. The highest BCUT2D eigenvalue weighted by molar-refractivity contribution is 5.89. The first-order chi connectivity index (χ1) is 8.85. The van der Waals surface area contributed by atoms with Gasteiger partial charge in [0, 0.05) is 12.0 Å². The van der Waals surface area contributed by atoms with Crippen LogP contribution in [0, 0.1) is 13.8 Å². The van der Waals surface area contributed by atoms with Crippen LogP contribution in [-0.4, -0.2) is 27.7 Å². The largest absolute Gasteiger partial charge is 0.480 e. The summed E-state index contributed by atoms with van der Waals surface area (Å²) in [6, 6.07) is 0. The number of nitrogens with one attached hydrogen (secondary N) is 1. The first-order valence-electron chi connectivity index (χ1n) is 6.33. The minimum atomic E-state index is -1.02. The van der Waals surface area contributed by atoms with E-state index in [1.165, 1.54) is 0 Å². The summed E-state index contributed by atoms with van der Waals surface area (Å²) in [7, 11) is 0. The molecule has 0 aromatic carbocycles. The van der Waals surface area contributed by atoms with Crippen LogP contribution < -0.4 is 5.32 Å². The van der Waals surface area contributed by atoms with Crippen molar-refractivity contribution in [3.8, 4) is 0 Å². The molecule has 1 aromatic rings. The van der Waals surface area contributed by atoms with Gasteiger partial charge in [-0.25, -0.2) is 4.79 Å². The van der Waals surface area contributed by atoms with E-state index in [9.17, 15) is 9.59 Å². The third-order valence-electron chi connectivity index (χ3n) is 3.61. The molecule has 104 valence electrons. The number of hydrogen-bond acceptors (Lipinski definition) is 4. The average Bonchev–Trinajstić information content (AvgIpc) is 2.99. The normalized spacial score (nSPS) is 17.8. The maximum absolute atomic E-state index is 11.9. The van der Waals surface area contributed by atoms with Gasteiger partial charge in [-0.3, -0.25) is 4.79 Å². The quantitative estimate of drug-likeness (QED) is 0.842. The number of carboxylic acid groups (broad SMARTS) is 1. The van der Waals surface area contributed by atoms with Gasteiger partial charge in [0.1, 0.15) is 11.3 Å². The lowest BCUT2D eigenvalue weighted by Gasteiger charge is -2.15. The van der Waals surface area contributed by atoms with Crippen molar-refractivity contribution in [3.05, 3.63) is 17.0 Å². The smallest absolute Gasteiger partial charge is 0.329 e. The topological polar surface area (TPSA) is 92.4 Å². The predicted octanol–water partition coefficient (Wildman–Crippen LogP) is 1.52. The molecule has 2 N–H and O–H groups in total. The summed E-state index contributed by atoms with van der Waals surface area (Å²) < 4.78 is 5.07.